The molecule has 1 atom stereocenters. The Balaban J connectivity index is 2.68. The molecule has 0 saturated carbocycles. The van der Waals surface area contributed by atoms with Gasteiger partial charge in [-0.1, -0.05) is 27.2 Å². The number of nitrogens with one attached hydrogen (secondary N) is 1. The van der Waals surface area contributed by atoms with E-state index in [0.717, 1.165) is 24.4 Å². The summed E-state index contributed by atoms with van der Waals surface area (Å²) in [7, 11) is 0. The summed E-state index contributed by atoms with van der Waals surface area (Å²) in [6, 6.07) is 2.26. The first kappa shape index (κ1) is 13.2. The topological polar surface area (TPSA) is 37.8 Å². The minimum Gasteiger partial charge on any atom is -0.366 e. The highest BCUT2D eigenvalue weighted by atomic mass is 35.5. The van der Waals surface area contributed by atoms with Crippen LogP contribution in [0.4, 0.5) is 5.82 Å². The van der Waals surface area contributed by atoms with Crippen LogP contribution in [-0.4, -0.2) is 21.9 Å². The van der Waals surface area contributed by atoms with Crippen molar-refractivity contribution in [1.29, 1.82) is 0 Å². The largest absolute Gasteiger partial charge is 0.366 e. The van der Waals surface area contributed by atoms with Gasteiger partial charge in [-0.15, -0.1) is 11.6 Å². The molecule has 3 nitrogen and oxygen atoms in total. The van der Waals surface area contributed by atoms with Crippen molar-refractivity contribution in [3.8, 4) is 0 Å². The van der Waals surface area contributed by atoms with Crippen molar-refractivity contribution in [2.24, 2.45) is 5.92 Å². The molecule has 1 rings (SSSR count). The van der Waals surface area contributed by atoms with Gasteiger partial charge in [0.1, 0.15) is 12.1 Å². The standard InChI is InChI=1S/C12H20ClN3/c1-4-5-10-6-12(15-8-14-10)16-11(7-13)9(2)3/h6,8-9,11H,4-5,7H2,1-3H3,(H,14,15,16). The van der Waals surface area contributed by atoms with Crippen molar-refractivity contribution in [3.05, 3.63) is 18.1 Å². The molecule has 0 spiro atoms. The van der Waals surface area contributed by atoms with E-state index in [9.17, 15) is 0 Å². The third-order valence-corrected chi connectivity index (χ3v) is 2.87. The quantitative estimate of drug-likeness (QED) is 0.778. The van der Waals surface area contributed by atoms with Crippen LogP contribution >= 0.6 is 11.6 Å². The molecule has 90 valence electrons. The highest BCUT2D eigenvalue weighted by Crippen LogP contribution is 2.12. The van der Waals surface area contributed by atoms with E-state index >= 15 is 0 Å². The normalized spacial score (nSPS) is 12.8. The summed E-state index contributed by atoms with van der Waals surface area (Å²) in [6.45, 7) is 6.44. The fourth-order valence-electron chi connectivity index (χ4n) is 1.44. The van der Waals surface area contributed by atoms with Crippen molar-refractivity contribution >= 4 is 17.4 Å². The Hall–Kier alpha value is -0.830. The van der Waals surface area contributed by atoms with E-state index in [1.165, 1.54) is 0 Å². The number of hydrogen-bond donors (Lipinski definition) is 1. The second-order valence-corrected chi connectivity index (χ2v) is 4.60. The molecule has 1 unspecified atom stereocenters. The molecule has 1 N–H and O–H groups in total. The molecule has 0 bridgehead atoms. The minimum atomic E-state index is 0.256. The van der Waals surface area contributed by atoms with Crippen molar-refractivity contribution < 1.29 is 0 Å². The van der Waals surface area contributed by atoms with E-state index in [4.69, 9.17) is 11.6 Å². The number of hydrogen-bond acceptors (Lipinski definition) is 3. The van der Waals surface area contributed by atoms with E-state index in [2.05, 4.69) is 36.1 Å². The van der Waals surface area contributed by atoms with Crippen LogP contribution in [0.5, 0.6) is 0 Å². The van der Waals surface area contributed by atoms with E-state index in [1.54, 1.807) is 6.33 Å². The van der Waals surface area contributed by atoms with E-state index in [0.29, 0.717) is 11.8 Å². The van der Waals surface area contributed by atoms with E-state index in [1.807, 2.05) is 6.07 Å². The van der Waals surface area contributed by atoms with Crippen LogP contribution in [0.1, 0.15) is 32.9 Å². The van der Waals surface area contributed by atoms with Crippen molar-refractivity contribution in [2.75, 3.05) is 11.2 Å². The summed E-state index contributed by atoms with van der Waals surface area (Å²) in [5, 5.41) is 3.34. The fraction of sp³-hybridized carbons (Fsp3) is 0.667. The van der Waals surface area contributed by atoms with Gasteiger partial charge in [0, 0.05) is 23.7 Å². The van der Waals surface area contributed by atoms with Gasteiger partial charge in [-0.25, -0.2) is 9.97 Å². The summed E-state index contributed by atoms with van der Waals surface area (Å²) >= 11 is 5.91. The van der Waals surface area contributed by atoms with Crippen LogP contribution in [0.2, 0.25) is 0 Å². The molecule has 4 heteroatoms. The molecule has 0 amide bonds. The molecule has 0 fully saturated rings. The van der Waals surface area contributed by atoms with Gasteiger partial charge in [0.25, 0.3) is 0 Å². The number of aromatic nitrogens is 2. The molecule has 0 aliphatic heterocycles. The number of anilines is 1. The average molecular weight is 242 g/mol. The summed E-state index contributed by atoms with van der Waals surface area (Å²) < 4.78 is 0. The van der Waals surface area contributed by atoms with Gasteiger partial charge < -0.3 is 5.32 Å². The van der Waals surface area contributed by atoms with Crippen LogP contribution in [0.25, 0.3) is 0 Å². The molecular weight excluding hydrogens is 222 g/mol. The maximum Gasteiger partial charge on any atom is 0.129 e. The van der Waals surface area contributed by atoms with Crippen LogP contribution in [0.15, 0.2) is 12.4 Å². The van der Waals surface area contributed by atoms with Gasteiger partial charge in [-0.05, 0) is 12.3 Å². The van der Waals surface area contributed by atoms with E-state index < -0.39 is 0 Å². The molecular formula is C12H20ClN3. The third kappa shape index (κ3) is 3.97. The Morgan fingerprint density at radius 1 is 1.38 bits per heavy atom. The smallest absolute Gasteiger partial charge is 0.129 e. The SMILES string of the molecule is CCCc1cc(NC(CCl)C(C)C)ncn1. The Kier molecular flexibility index (Phi) is 5.53. The lowest BCUT2D eigenvalue weighted by atomic mass is 10.1. The zero-order chi connectivity index (χ0) is 12.0. The number of halogens is 1. The van der Waals surface area contributed by atoms with Gasteiger partial charge in [0.15, 0.2) is 0 Å². The second-order valence-electron chi connectivity index (χ2n) is 4.29. The second kappa shape index (κ2) is 6.69. The lowest BCUT2D eigenvalue weighted by molar-refractivity contribution is 0.562. The first-order valence-corrected chi connectivity index (χ1v) is 6.34. The number of alkyl halides is 1. The number of rotatable bonds is 6. The van der Waals surface area contributed by atoms with E-state index in [-0.39, 0.29) is 6.04 Å². The predicted molar refractivity (Wildman–Crippen MR) is 69.0 cm³/mol. The molecule has 0 radical (unpaired) electrons. The Morgan fingerprint density at radius 3 is 2.69 bits per heavy atom. The predicted octanol–water partition coefficient (Wildman–Crippen LogP) is 3.10. The zero-order valence-electron chi connectivity index (χ0n) is 10.2. The van der Waals surface area contributed by atoms with Gasteiger partial charge in [-0.3, -0.25) is 0 Å². The molecule has 0 aromatic carbocycles. The van der Waals surface area contributed by atoms with Crippen LogP contribution in [-0.2, 0) is 6.42 Å². The summed E-state index contributed by atoms with van der Waals surface area (Å²) in [5.41, 5.74) is 1.08. The van der Waals surface area contributed by atoms with Crippen LogP contribution in [0, 0.1) is 5.92 Å². The first-order valence-electron chi connectivity index (χ1n) is 5.80. The average Bonchev–Trinajstić information content (AvgIpc) is 2.26. The number of nitrogens with zero attached hydrogens (tertiary/aromatic N) is 2. The highest BCUT2D eigenvalue weighted by Gasteiger charge is 2.12. The molecule has 1 heterocycles. The van der Waals surface area contributed by atoms with Crippen molar-refractivity contribution in [1.82, 2.24) is 9.97 Å². The molecule has 0 aliphatic carbocycles. The summed E-state index contributed by atoms with van der Waals surface area (Å²) in [6.07, 6.45) is 3.70. The Labute approximate surface area is 103 Å². The molecule has 1 aromatic heterocycles. The van der Waals surface area contributed by atoms with Crippen LogP contribution in [0.3, 0.4) is 0 Å². The minimum absolute atomic E-state index is 0.256. The summed E-state index contributed by atoms with van der Waals surface area (Å²) in [5.74, 6) is 1.95. The first-order chi connectivity index (χ1) is 7.67. The van der Waals surface area contributed by atoms with Crippen molar-refractivity contribution in [3.63, 3.8) is 0 Å². The van der Waals surface area contributed by atoms with Gasteiger partial charge in [0.05, 0.1) is 0 Å². The Bertz CT molecular complexity index is 315. The van der Waals surface area contributed by atoms with Gasteiger partial charge >= 0.3 is 0 Å². The maximum absolute atomic E-state index is 5.91. The number of aryl methyl sites for hydroxylation is 1. The maximum atomic E-state index is 5.91. The van der Waals surface area contributed by atoms with Gasteiger partial charge in [-0.2, -0.15) is 0 Å². The molecule has 16 heavy (non-hydrogen) atoms. The zero-order valence-corrected chi connectivity index (χ0v) is 11.0. The van der Waals surface area contributed by atoms with Crippen molar-refractivity contribution in [2.45, 2.75) is 39.7 Å². The molecule has 0 saturated heterocycles. The van der Waals surface area contributed by atoms with Crippen LogP contribution < -0.4 is 5.32 Å². The third-order valence-electron chi connectivity index (χ3n) is 2.53. The van der Waals surface area contributed by atoms with Gasteiger partial charge in [0.2, 0.25) is 0 Å². The lowest BCUT2D eigenvalue weighted by Gasteiger charge is -2.20. The Morgan fingerprint density at radius 2 is 2.12 bits per heavy atom. The fourth-order valence-corrected chi connectivity index (χ4v) is 1.88. The highest BCUT2D eigenvalue weighted by molar-refractivity contribution is 6.18. The molecule has 0 aliphatic rings. The monoisotopic (exact) mass is 241 g/mol. The molecule has 1 aromatic rings. The lowest BCUT2D eigenvalue weighted by Crippen LogP contribution is -2.27. The summed E-state index contributed by atoms with van der Waals surface area (Å²) in [4.78, 5) is 8.43.